The Morgan fingerprint density at radius 3 is 2.21 bits per heavy atom. The van der Waals surface area contributed by atoms with Gasteiger partial charge in [-0.2, -0.15) is 0 Å². The molecule has 0 saturated carbocycles. The fourth-order valence-electron chi connectivity index (χ4n) is 1.73. The van der Waals surface area contributed by atoms with E-state index >= 15 is 0 Å². The maximum Gasteiger partial charge on any atom is 0.211 e. The average Bonchev–Trinajstić information content (AvgIpc) is 2.04. The summed E-state index contributed by atoms with van der Waals surface area (Å²) in [5, 5.41) is 3.12. The van der Waals surface area contributed by atoms with E-state index in [0.717, 1.165) is 19.4 Å². The van der Waals surface area contributed by atoms with Crippen LogP contribution in [0.4, 0.5) is 0 Å². The number of halogens is 1. The number of nitrogens with one attached hydrogen (secondary N) is 1. The Morgan fingerprint density at radius 2 is 1.86 bits per heavy atom. The highest BCUT2D eigenvalue weighted by atomic mass is 35.5. The molecular weight excluding hydrogens is 224 g/mol. The second-order valence-electron chi connectivity index (χ2n) is 3.66. The van der Waals surface area contributed by atoms with E-state index in [1.165, 1.54) is 6.26 Å². The number of piperidine rings is 1. The minimum absolute atomic E-state index is 0. The summed E-state index contributed by atoms with van der Waals surface area (Å²) in [7, 11) is -1.02. The van der Waals surface area contributed by atoms with E-state index in [9.17, 15) is 8.42 Å². The van der Waals surface area contributed by atoms with Gasteiger partial charge in [0.1, 0.15) is 0 Å². The molecule has 0 atom stereocenters. The molecule has 1 heterocycles. The second kappa shape index (κ2) is 5.90. The van der Waals surface area contributed by atoms with Gasteiger partial charge in [0.05, 0.1) is 6.26 Å². The zero-order valence-electron chi connectivity index (χ0n) is 8.69. The van der Waals surface area contributed by atoms with Crippen molar-refractivity contribution >= 4 is 22.4 Å². The molecule has 1 rings (SSSR count). The third-order valence-corrected chi connectivity index (χ3v) is 3.84. The van der Waals surface area contributed by atoms with Crippen molar-refractivity contribution in [3.05, 3.63) is 0 Å². The van der Waals surface area contributed by atoms with Gasteiger partial charge >= 0.3 is 0 Å². The quantitative estimate of drug-likeness (QED) is 0.775. The fourth-order valence-corrected chi connectivity index (χ4v) is 2.61. The van der Waals surface area contributed by atoms with Crippen molar-refractivity contribution in [1.82, 2.24) is 9.62 Å². The van der Waals surface area contributed by atoms with Crippen LogP contribution < -0.4 is 5.32 Å². The number of sulfonamides is 1. The summed E-state index contributed by atoms with van der Waals surface area (Å²) in [6, 6.07) is 0. The zero-order chi connectivity index (χ0) is 9.90. The van der Waals surface area contributed by atoms with Gasteiger partial charge in [-0.3, -0.25) is 0 Å². The lowest BCUT2D eigenvalue weighted by Gasteiger charge is -2.29. The van der Waals surface area contributed by atoms with Gasteiger partial charge in [-0.15, -0.1) is 12.4 Å². The molecule has 0 aromatic rings. The van der Waals surface area contributed by atoms with Crippen LogP contribution in [-0.2, 0) is 10.0 Å². The molecule has 1 N–H and O–H groups in total. The summed E-state index contributed by atoms with van der Waals surface area (Å²) < 4.78 is 23.9. The van der Waals surface area contributed by atoms with E-state index < -0.39 is 10.0 Å². The third-order valence-electron chi connectivity index (χ3n) is 2.54. The van der Waals surface area contributed by atoms with E-state index in [1.807, 2.05) is 7.05 Å². The minimum Gasteiger partial charge on any atom is -0.319 e. The largest absolute Gasteiger partial charge is 0.319 e. The molecule has 0 unspecified atom stereocenters. The van der Waals surface area contributed by atoms with Gasteiger partial charge in [0.15, 0.2) is 0 Å². The molecular formula is C8H19ClN2O2S. The lowest BCUT2D eigenvalue weighted by Crippen LogP contribution is -2.39. The molecule has 4 nitrogen and oxygen atoms in total. The van der Waals surface area contributed by atoms with Crippen LogP contribution in [0.3, 0.4) is 0 Å². The number of rotatable bonds is 3. The van der Waals surface area contributed by atoms with Crippen LogP contribution in [0, 0.1) is 5.92 Å². The molecule has 0 radical (unpaired) electrons. The molecule has 0 aliphatic carbocycles. The Morgan fingerprint density at radius 1 is 1.36 bits per heavy atom. The summed E-state index contributed by atoms with van der Waals surface area (Å²) in [6.07, 6.45) is 3.24. The molecule has 14 heavy (non-hydrogen) atoms. The van der Waals surface area contributed by atoms with Gasteiger partial charge < -0.3 is 5.32 Å². The number of nitrogens with zero attached hydrogens (tertiary/aromatic N) is 1. The highest BCUT2D eigenvalue weighted by molar-refractivity contribution is 7.88. The molecule has 0 aromatic carbocycles. The van der Waals surface area contributed by atoms with Crippen LogP contribution >= 0.6 is 12.4 Å². The molecule has 1 saturated heterocycles. The minimum atomic E-state index is -2.95. The van der Waals surface area contributed by atoms with Crippen LogP contribution in [0.5, 0.6) is 0 Å². The van der Waals surface area contributed by atoms with E-state index in [0.29, 0.717) is 19.0 Å². The molecule has 6 heteroatoms. The summed E-state index contributed by atoms with van der Waals surface area (Å²) in [5.74, 6) is 0.642. The monoisotopic (exact) mass is 242 g/mol. The number of hydrogen-bond acceptors (Lipinski definition) is 3. The predicted octanol–water partition coefficient (Wildman–Crippen LogP) is 0.299. The SMILES string of the molecule is CNCC1CCN(S(C)(=O)=O)CC1.Cl. The molecule has 1 fully saturated rings. The molecule has 0 amide bonds. The smallest absolute Gasteiger partial charge is 0.211 e. The Hall–Kier alpha value is 0.160. The first kappa shape index (κ1) is 14.2. The Labute approximate surface area is 92.5 Å². The van der Waals surface area contributed by atoms with Gasteiger partial charge in [-0.25, -0.2) is 12.7 Å². The molecule has 0 aromatic heterocycles. The normalized spacial score (nSPS) is 20.4. The Balaban J connectivity index is 0.00000169. The maximum atomic E-state index is 11.2. The van der Waals surface area contributed by atoms with Crippen molar-refractivity contribution in [3.8, 4) is 0 Å². The van der Waals surface area contributed by atoms with E-state index in [1.54, 1.807) is 4.31 Å². The summed E-state index contributed by atoms with van der Waals surface area (Å²) in [6.45, 7) is 2.37. The fraction of sp³-hybridized carbons (Fsp3) is 1.00. The summed E-state index contributed by atoms with van der Waals surface area (Å²) in [4.78, 5) is 0. The van der Waals surface area contributed by atoms with Crippen molar-refractivity contribution in [2.45, 2.75) is 12.8 Å². The lowest BCUT2D eigenvalue weighted by atomic mass is 9.98. The maximum absolute atomic E-state index is 11.2. The molecule has 1 aliphatic rings. The van der Waals surface area contributed by atoms with Crippen molar-refractivity contribution < 1.29 is 8.42 Å². The standard InChI is InChI=1S/C8H18N2O2S.ClH/c1-9-7-8-3-5-10(6-4-8)13(2,11)12;/h8-9H,3-7H2,1-2H3;1H. The van der Waals surface area contributed by atoms with Crippen molar-refractivity contribution in [2.24, 2.45) is 5.92 Å². The van der Waals surface area contributed by atoms with Crippen LogP contribution in [0.1, 0.15) is 12.8 Å². The first-order valence-electron chi connectivity index (χ1n) is 4.63. The highest BCUT2D eigenvalue weighted by Gasteiger charge is 2.23. The topological polar surface area (TPSA) is 49.4 Å². The van der Waals surface area contributed by atoms with Crippen LogP contribution in [0.2, 0.25) is 0 Å². The van der Waals surface area contributed by atoms with Gasteiger partial charge in [0, 0.05) is 13.1 Å². The van der Waals surface area contributed by atoms with Gasteiger partial charge in [-0.1, -0.05) is 0 Å². The average molecular weight is 243 g/mol. The van der Waals surface area contributed by atoms with Gasteiger partial charge in [0.25, 0.3) is 0 Å². The van der Waals surface area contributed by atoms with E-state index in [4.69, 9.17) is 0 Å². The van der Waals surface area contributed by atoms with Crippen LogP contribution in [-0.4, -0.2) is 45.7 Å². The lowest BCUT2D eigenvalue weighted by molar-refractivity contribution is 0.272. The second-order valence-corrected chi connectivity index (χ2v) is 5.65. The number of hydrogen-bond donors (Lipinski definition) is 1. The highest BCUT2D eigenvalue weighted by Crippen LogP contribution is 2.17. The Kier molecular flexibility index (Phi) is 5.97. The third kappa shape index (κ3) is 4.13. The van der Waals surface area contributed by atoms with Crippen LogP contribution in [0.15, 0.2) is 0 Å². The van der Waals surface area contributed by atoms with Crippen molar-refractivity contribution in [2.75, 3.05) is 32.9 Å². The predicted molar refractivity (Wildman–Crippen MR) is 60.3 cm³/mol. The van der Waals surface area contributed by atoms with Crippen molar-refractivity contribution in [1.29, 1.82) is 0 Å². The van der Waals surface area contributed by atoms with Crippen LogP contribution in [0.25, 0.3) is 0 Å². The first-order valence-corrected chi connectivity index (χ1v) is 6.48. The first-order chi connectivity index (χ1) is 6.04. The summed E-state index contributed by atoms with van der Waals surface area (Å²) >= 11 is 0. The van der Waals surface area contributed by atoms with Crippen molar-refractivity contribution in [3.63, 3.8) is 0 Å². The Bertz CT molecular complexity index is 248. The molecule has 86 valence electrons. The van der Waals surface area contributed by atoms with Gasteiger partial charge in [0.2, 0.25) is 10.0 Å². The molecule has 0 spiro atoms. The molecule has 1 aliphatic heterocycles. The van der Waals surface area contributed by atoms with Gasteiger partial charge in [-0.05, 0) is 32.4 Å². The summed E-state index contributed by atoms with van der Waals surface area (Å²) in [5.41, 5.74) is 0. The van der Waals surface area contributed by atoms with E-state index in [-0.39, 0.29) is 12.4 Å². The van der Waals surface area contributed by atoms with E-state index in [2.05, 4.69) is 5.32 Å². The molecule has 0 bridgehead atoms. The zero-order valence-corrected chi connectivity index (χ0v) is 10.3.